The zero-order chi connectivity index (χ0) is 17.1. The molecule has 1 amide bonds. The second kappa shape index (κ2) is 6.99. The number of nitrogens with zero attached hydrogens (tertiary/aromatic N) is 1. The third-order valence-corrected chi connectivity index (χ3v) is 4.52. The van der Waals surface area contributed by atoms with Gasteiger partial charge in [0.15, 0.2) is 6.10 Å². The van der Waals surface area contributed by atoms with Crippen LogP contribution in [0.3, 0.4) is 0 Å². The fourth-order valence-corrected chi connectivity index (χ4v) is 3.26. The third kappa shape index (κ3) is 3.11. The number of carbonyl (C=O) groups is 2. The van der Waals surface area contributed by atoms with E-state index in [0.717, 1.165) is 54.3 Å². The monoisotopic (exact) mass is 326 g/mol. The number of aryl methyl sites for hydroxylation is 1. The SMILES string of the molecule is CNC(=O)[C@H](C)OC(=O)c1c2c(nc3ccccc13)CCCCC2. The van der Waals surface area contributed by atoms with E-state index < -0.39 is 12.1 Å². The molecule has 5 nitrogen and oxygen atoms in total. The van der Waals surface area contributed by atoms with Crippen molar-refractivity contribution >= 4 is 22.8 Å². The Morgan fingerprint density at radius 3 is 2.71 bits per heavy atom. The number of amides is 1. The average Bonchev–Trinajstić information content (AvgIpc) is 2.83. The van der Waals surface area contributed by atoms with E-state index in [1.807, 2.05) is 24.3 Å². The molecule has 1 aromatic carbocycles. The summed E-state index contributed by atoms with van der Waals surface area (Å²) < 4.78 is 5.43. The molecule has 126 valence electrons. The van der Waals surface area contributed by atoms with Crippen LogP contribution in [0.1, 0.15) is 47.8 Å². The Balaban J connectivity index is 2.09. The molecule has 1 aromatic heterocycles. The molecule has 1 aliphatic carbocycles. The van der Waals surface area contributed by atoms with Gasteiger partial charge in [-0.3, -0.25) is 9.78 Å². The molecule has 0 unspecified atom stereocenters. The summed E-state index contributed by atoms with van der Waals surface area (Å²) in [6.45, 7) is 1.58. The smallest absolute Gasteiger partial charge is 0.339 e. The van der Waals surface area contributed by atoms with Crippen LogP contribution in [0.2, 0.25) is 0 Å². The summed E-state index contributed by atoms with van der Waals surface area (Å²) in [5.74, 6) is -0.754. The van der Waals surface area contributed by atoms with Gasteiger partial charge in [-0.05, 0) is 44.2 Å². The van der Waals surface area contributed by atoms with Gasteiger partial charge in [0.1, 0.15) is 0 Å². The van der Waals surface area contributed by atoms with Crippen molar-refractivity contribution in [2.75, 3.05) is 7.05 Å². The summed E-state index contributed by atoms with van der Waals surface area (Å²) in [6.07, 6.45) is 4.14. The van der Waals surface area contributed by atoms with E-state index in [-0.39, 0.29) is 5.91 Å². The molecule has 5 heteroatoms. The van der Waals surface area contributed by atoms with E-state index in [2.05, 4.69) is 5.32 Å². The standard InChI is InChI=1S/C19H22N2O3/c1-12(18(22)20-2)24-19(23)17-13-8-4-3-5-10-15(13)21-16-11-7-6-9-14(16)17/h6-7,9,11-12H,3-5,8,10H2,1-2H3,(H,20,22)/t12-/m0/s1. The van der Waals surface area contributed by atoms with Crippen molar-refractivity contribution in [2.24, 2.45) is 0 Å². The lowest BCUT2D eigenvalue weighted by Crippen LogP contribution is -2.33. The molecule has 1 atom stereocenters. The normalized spacial score (nSPS) is 15.2. The van der Waals surface area contributed by atoms with Gasteiger partial charge in [0.05, 0.1) is 11.1 Å². The van der Waals surface area contributed by atoms with Crippen LogP contribution in [0.15, 0.2) is 24.3 Å². The number of rotatable bonds is 3. The fourth-order valence-electron chi connectivity index (χ4n) is 3.26. The van der Waals surface area contributed by atoms with Crippen molar-refractivity contribution in [3.63, 3.8) is 0 Å². The van der Waals surface area contributed by atoms with E-state index in [0.29, 0.717) is 5.56 Å². The summed E-state index contributed by atoms with van der Waals surface area (Å²) in [6, 6.07) is 7.63. The van der Waals surface area contributed by atoms with Crippen molar-refractivity contribution in [2.45, 2.75) is 45.1 Å². The number of para-hydroxylation sites is 1. The molecule has 1 aliphatic rings. The number of benzene rings is 1. The van der Waals surface area contributed by atoms with Crippen LogP contribution in [0.4, 0.5) is 0 Å². The lowest BCUT2D eigenvalue weighted by Gasteiger charge is -2.17. The molecule has 0 spiro atoms. The number of aromatic nitrogens is 1. The first-order valence-corrected chi connectivity index (χ1v) is 8.45. The molecular weight excluding hydrogens is 304 g/mol. The van der Waals surface area contributed by atoms with Gasteiger partial charge in [-0.15, -0.1) is 0 Å². The number of hydrogen-bond acceptors (Lipinski definition) is 4. The first kappa shape index (κ1) is 16.4. The minimum absolute atomic E-state index is 0.312. The Hall–Kier alpha value is -2.43. The van der Waals surface area contributed by atoms with Crippen molar-refractivity contribution < 1.29 is 14.3 Å². The minimum atomic E-state index is -0.823. The average molecular weight is 326 g/mol. The summed E-state index contributed by atoms with van der Waals surface area (Å²) in [5, 5.41) is 3.30. The Kier molecular flexibility index (Phi) is 4.79. The van der Waals surface area contributed by atoms with Crippen LogP contribution in [0.5, 0.6) is 0 Å². The van der Waals surface area contributed by atoms with E-state index in [1.54, 1.807) is 6.92 Å². The molecule has 3 rings (SSSR count). The van der Waals surface area contributed by atoms with Gasteiger partial charge in [0.2, 0.25) is 0 Å². The maximum atomic E-state index is 12.8. The fraction of sp³-hybridized carbons (Fsp3) is 0.421. The van der Waals surface area contributed by atoms with Crippen molar-refractivity contribution in [1.29, 1.82) is 0 Å². The molecule has 1 heterocycles. The van der Waals surface area contributed by atoms with E-state index in [9.17, 15) is 9.59 Å². The van der Waals surface area contributed by atoms with Gasteiger partial charge in [-0.2, -0.15) is 0 Å². The quantitative estimate of drug-likeness (QED) is 0.695. The predicted octanol–water partition coefficient (Wildman–Crippen LogP) is 2.80. The highest BCUT2D eigenvalue weighted by Crippen LogP contribution is 2.29. The van der Waals surface area contributed by atoms with Crippen LogP contribution in [0, 0.1) is 0 Å². The largest absolute Gasteiger partial charge is 0.449 e. The van der Waals surface area contributed by atoms with Gasteiger partial charge >= 0.3 is 5.97 Å². The van der Waals surface area contributed by atoms with E-state index in [4.69, 9.17) is 9.72 Å². The zero-order valence-electron chi connectivity index (χ0n) is 14.1. The number of ether oxygens (including phenoxy) is 1. The number of hydrogen-bond donors (Lipinski definition) is 1. The number of likely N-dealkylation sites (N-methyl/N-ethyl adjacent to an activating group) is 1. The highest BCUT2D eigenvalue weighted by molar-refractivity contribution is 6.05. The molecule has 0 saturated carbocycles. The van der Waals surface area contributed by atoms with Crippen LogP contribution < -0.4 is 5.32 Å². The van der Waals surface area contributed by atoms with E-state index >= 15 is 0 Å². The molecule has 0 radical (unpaired) electrons. The highest BCUT2D eigenvalue weighted by Gasteiger charge is 2.25. The molecule has 0 bridgehead atoms. The van der Waals surface area contributed by atoms with E-state index in [1.165, 1.54) is 7.05 Å². The second-order valence-corrected chi connectivity index (χ2v) is 6.15. The predicted molar refractivity (Wildman–Crippen MR) is 91.9 cm³/mol. The number of nitrogens with one attached hydrogen (secondary N) is 1. The first-order chi connectivity index (χ1) is 11.6. The number of pyridine rings is 1. The Morgan fingerprint density at radius 1 is 1.17 bits per heavy atom. The Bertz CT molecular complexity index is 786. The zero-order valence-corrected chi connectivity index (χ0v) is 14.1. The maximum absolute atomic E-state index is 12.8. The van der Waals surface area contributed by atoms with Crippen molar-refractivity contribution in [1.82, 2.24) is 10.3 Å². The summed E-state index contributed by atoms with van der Waals surface area (Å²) in [4.78, 5) is 29.3. The lowest BCUT2D eigenvalue weighted by molar-refractivity contribution is -0.128. The van der Waals surface area contributed by atoms with Crippen LogP contribution in [-0.2, 0) is 22.4 Å². The Labute approximate surface area is 141 Å². The number of esters is 1. The van der Waals surface area contributed by atoms with Crippen LogP contribution in [0.25, 0.3) is 10.9 Å². The number of carbonyl (C=O) groups excluding carboxylic acids is 2. The molecule has 2 aromatic rings. The Morgan fingerprint density at radius 2 is 1.92 bits per heavy atom. The molecule has 24 heavy (non-hydrogen) atoms. The minimum Gasteiger partial charge on any atom is -0.449 e. The van der Waals surface area contributed by atoms with Crippen LogP contribution >= 0.6 is 0 Å². The molecule has 0 aliphatic heterocycles. The lowest BCUT2D eigenvalue weighted by atomic mass is 9.97. The summed E-state index contributed by atoms with van der Waals surface area (Å²) >= 11 is 0. The summed E-state index contributed by atoms with van der Waals surface area (Å²) in [5.41, 5.74) is 3.36. The second-order valence-electron chi connectivity index (χ2n) is 6.15. The van der Waals surface area contributed by atoms with Crippen LogP contribution in [-0.4, -0.2) is 30.0 Å². The highest BCUT2D eigenvalue weighted by atomic mass is 16.5. The molecular formula is C19H22N2O3. The third-order valence-electron chi connectivity index (χ3n) is 4.52. The van der Waals surface area contributed by atoms with Crippen molar-refractivity contribution in [3.8, 4) is 0 Å². The van der Waals surface area contributed by atoms with Gasteiger partial charge in [-0.25, -0.2) is 4.79 Å². The number of fused-ring (bicyclic) bond motifs is 2. The topological polar surface area (TPSA) is 68.3 Å². The maximum Gasteiger partial charge on any atom is 0.339 e. The molecule has 0 fully saturated rings. The van der Waals surface area contributed by atoms with Gasteiger partial charge in [-0.1, -0.05) is 24.6 Å². The van der Waals surface area contributed by atoms with Gasteiger partial charge in [0, 0.05) is 18.1 Å². The first-order valence-electron chi connectivity index (χ1n) is 8.45. The van der Waals surface area contributed by atoms with Gasteiger partial charge < -0.3 is 10.1 Å². The molecule has 0 saturated heterocycles. The summed E-state index contributed by atoms with van der Waals surface area (Å²) in [7, 11) is 1.53. The molecule has 1 N–H and O–H groups in total. The van der Waals surface area contributed by atoms with Gasteiger partial charge in [0.25, 0.3) is 5.91 Å². The van der Waals surface area contributed by atoms with Crippen molar-refractivity contribution in [3.05, 3.63) is 41.1 Å².